The average Bonchev–Trinajstić information content (AvgIpc) is 2.46. The number of ether oxygens (including phenoxy) is 1. The summed E-state index contributed by atoms with van der Waals surface area (Å²) < 4.78 is 5.09. The van der Waals surface area contributed by atoms with E-state index in [2.05, 4.69) is 24.1 Å². The number of nitrogens with one attached hydrogen (secondary N) is 1. The second-order valence-corrected chi connectivity index (χ2v) is 6.67. The van der Waals surface area contributed by atoms with Crippen molar-refractivity contribution in [2.24, 2.45) is 11.8 Å². The van der Waals surface area contributed by atoms with E-state index in [0.29, 0.717) is 31.5 Å². The predicted molar refractivity (Wildman–Crippen MR) is 88.4 cm³/mol. The summed E-state index contributed by atoms with van der Waals surface area (Å²) in [5.74, 6) is 1.48. The van der Waals surface area contributed by atoms with E-state index in [1.54, 1.807) is 7.11 Å². The molecule has 122 valence electrons. The van der Waals surface area contributed by atoms with Crippen molar-refractivity contribution in [2.75, 3.05) is 26.7 Å². The lowest BCUT2D eigenvalue weighted by Crippen LogP contribution is -2.44. The molecule has 1 aliphatic heterocycles. The molecule has 2 atom stereocenters. The molecule has 1 N–H and O–H groups in total. The first-order valence-electron chi connectivity index (χ1n) is 8.12. The average molecular weight is 304 g/mol. The number of hydrogen-bond donors (Lipinski definition) is 1. The molecule has 1 amide bonds. The molecule has 4 nitrogen and oxygen atoms in total. The molecule has 22 heavy (non-hydrogen) atoms. The summed E-state index contributed by atoms with van der Waals surface area (Å²) >= 11 is 0. The van der Waals surface area contributed by atoms with E-state index in [9.17, 15) is 4.79 Å². The van der Waals surface area contributed by atoms with Crippen molar-refractivity contribution in [3.05, 3.63) is 35.4 Å². The lowest BCUT2D eigenvalue weighted by molar-refractivity contribution is -0.123. The molecule has 1 aromatic rings. The molecular weight excluding hydrogens is 276 g/mol. The highest BCUT2D eigenvalue weighted by molar-refractivity contribution is 5.78. The third-order valence-electron chi connectivity index (χ3n) is 4.14. The first-order valence-corrected chi connectivity index (χ1v) is 8.12. The Morgan fingerprint density at radius 2 is 1.77 bits per heavy atom. The normalized spacial score (nSPS) is 22.5. The Balaban J connectivity index is 1.75. The van der Waals surface area contributed by atoms with Crippen molar-refractivity contribution in [1.82, 2.24) is 10.2 Å². The number of rotatable bonds is 6. The molecule has 2 rings (SSSR count). The van der Waals surface area contributed by atoms with Gasteiger partial charge in [0.15, 0.2) is 0 Å². The maximum Gasteiger partial charge on any atom is 0.234 e. The quantitative estimate of drug-likeness (QED) is 0.877. The fourth-order valence-corrected chi connectivity index (χ4v) is 3.30. The van der Waals surface area contributed by atoms with Gasteiger partial charge >= 0.3 is 0 Å². The minimum Gasteiger partial charge on any atom is -0.380 e. The molecule has 0 radical (unpaired) electrons. The maximum atomic E-state index is 12.1. The number of piperidine rings is 1. The zero-order valence-electron chi connectivity index (χ0n) is 14.0. The Bertz CT molecular complexity index is 462. The molecular formula is C18H28N2O2. The topological polar surface area (TPSA) is 41.6 Å². The van der Waals surface area contributed by atoms with E-state index in [1.807, 2.05) is 24.3 Å². The van der Waals surface area contributed by atoms with Gasteiger partial charge in [0.25, 0.3) is 0 Å². The SMILES string of the molecule is COCc1ccc(CNC(=O)CN2CC(C)CC(C)C2)cc1. The Kier molecular flexibility index (Phi) is 6.40. The molecule has 0 saturated carbocycles. The Morgan fingerprint density at radius 3 is 2.36 bits per heavy atom. The summed E-state index contributed by atoms with van der Waals surface area (Å²) in [6.07, 6.45) is 1.27. The molecule has 1 saturated heterocycles. The van der Waals surface area contributed by atoms with Gasteiger partial charge in [0, 0.05) is 26.7 Å². The van der Waals surface area contributed by atoms with E-state index >= 15 is 0 Å². The second kappa shape index (κ2) is 8.30. The second-order valence-electron chi connectivity index (χ2n) is 6.67. The molecule has 0 aromatic heterocycles. The fourth-order valence-electron chi connectivity index (χ4n) is 3.30. The minimum absolute atomic E-state index is 0.113. The van der Waals surface area contributed by atoms with Crippen molar-refractivity contribution in [2.45, 2.75) is 33.4 Å². The lowest BCUT2D eigenvalue weighted by atomic mass is 9.92. The summed E-state index contributed by atoms with van der Waals surface area (Å²) in [4.78, 5) is 14.4. The van der Waals surface area contributed by atoms with Crippen molar-refractivity contribution in [3.63, 3.8) is 0 Å². The first kappa shape index (κ1) is 17.0. The van der Waals surface area contributed by atoms with Gasteiger partial charge in [0.2, 0.25) is 5.91 Å². The Hall–Kier alpha value is -1.39. The highest BCUT2D eigenvalue weighted by atomic mass is 16.5. The Labute approximate surface area is 133 Å². The lowest BCUT2D eigenvalue weighted by Gasteiger charge is -2.34. The number of nitrogens with zero attached hydrogens (tertiary/aromatic N) is 1. The molecule has 0 aliphatic carbocycles. The van der Waals surface area contributed by atoms with Crippen LogP contribution < -0.4 is 5.32 Å². The van der Waals surface area contributed by atoms with Gasteiger partial charge in [-0.1, -0.05) is 38.1 Å². The van der Waals surface area contributed by atoms with Gasteiger partial charge in [-0.25, -0.2) is 0 Å². The van der Waals surface area contributed by atoms with Crippen molar-refractivity contribution >= 4 is 5.91 Å². The molecule has 1 fully saturated rings. The number of benzene rings is 1. The summed E-state index contributed by atoms with van der Waals surface area (Å²) in [5, 5.41) is 3.02. The molecule has 2 unspecified atom stereocenters. The fraction of sp³-hybridized carbons (Fsp3) is 0.611. The van der Waals surface area contributed by atoms with Gasteiger partial charge < -0.3 is 10.1 Å². The highest BCUT2D eigenvalue weighted by Gasteiger charge is 2.23. The largest absolute Gasteiger partial charge is 0.380 e. The molecule has 1 aromatic carbocycles. The van der Waals surface area contributed by atoms with E-state index in [1.165, 1.54) is 6.42 Å². The molecule has 1 aliphatic rings. The third kappa shape index (κ3) is 5.43. The Morgan fingerprint density at radius 1 is 1.18 bits per heavy atom. The minimum atomic E-state index is 0.113. The summed E-state index contributed by atoms with van der Waals surface area (Å²) in [6.45, 7) is 8.32. The van der Waals surface area contributed by atoms with E-state index < -0.39 is 0 Å². The van der Waals surface area contributed by atoms with Crippen LogP contribution in [0.4, 0.5) is 0 Å². The smallest absolute Gasteiger partial charge is 0.234 e. The van der Waals surface area contributed by atoms with Crippen LogP contribution in [0.2, 0.25) is 0 Å². The molecule has 0 spiro atoms. The number of methoxy groups -OCH3 is 1. The number of carbonyl (C=O) groups is 1. The van der Waals surface area contributed by atoms with Crippen LogP contribution in [0, 0.1) is 11.8 Å². The van der Waals surface area contributed by atoms with Gasteiger partial charge in [-0.15, -0.1) is 0 Å². The van der Waals surface area contributed by atoms with Gasteiger partial charge in [0.1, 0.15) is 0 Å². The molecule has 4 heteroatoms. The van der Waals surface area contributed by atoms with Crippen molar-refractivity contribution in [1.29, 1.82) is 0 Å². The van der Waals surface area contributed by atoms with Gasteiger partial charge in [-0.2, -0.15) is 0 Å². The van der Waals surface area contributed by atoms with Crippen LogP contribution in [-0.4, -0.2) is 37.6 Å². The predicted octanol–water partition coefficient (Wildman–Crippen LogP) is 2.43. The van der Waals surface area contributed by atoms with Crippen LogP contribution in [0.15, 0.2) is 24.3 Å². The standard InChI is InChI=1S/C18H28N2O2/c1-14-8-15(2)11-20(10-14)12-18(21)19-9-16-4-6-17(7-5-16)13-22-3/h4-7,14-15H,8-13H2,1-3H3,(H,19,21). The summed E-state index contributed by atoms with van der Waals surface area (Å²) in [7, 11) is 1.69. The van der Waals surface area contributed by atoms with Gasteiger partial charge in [-0.3, -0.25) is 9.69 Å². The maximum absolute atomic E-state index is 12.1. The summed E-state index contributed by atoms with van der Waals surface area (Å²) in [5.41, 5.74) is 2.27. The van der Waals surface area contributed by atoms with Crippen molar-refractivity contribution < 1.29 is 9.53 Å². The van der Waals surface area contributed by atoms with E-state index in [-0.39, 0.29) is 5.91 Å². The van der Waals surface area contributed by atoms with Gasteiger partial charge in [0.05, 0.1) is 13.2 Å². The first-order chi connectivity index (χ1) is 10.6. The number of amides is 1. The zero-order valence-corrected chi connectivity index (χ0v) is 14.0. The third-order valence-corrected chi connectivity index (χ3v) is 4.14. The summed E-state index contributed by atoms with van der Waals surface area (Å²) in [6, 6.07) is 8.16. The monoisotopic (exact) mass is 304 g/mol. The van der Waals surface area contributed by atoms with Crippen molar-refractivity contribution in [3.8, 4) is 0 Å². The van der Waals surface area contributed by atoms with E-state index in [4.69, 9.17) is 4.74 Å². The van der Waals surface area contributed by atoms with Crippen LogP contribution >= 0.6 is 0 Å². The zero-order chi connectivity index (χ0) is 15.9. The molecule has 1 heterocycles. The highest BCUT2D eigenvalue weighted by Crippen LogP contribution is 2.20. The number of carbonyl (C=O) groups excluding carboxylic acids is 1. The number of hydrogen-bond acceptors (Lipinski definition) is 3. The van der Waals surface area contributed by atoms with Crippen LogP contribution in [0.5, 0.6) is 0 Å². The van der Waals surface area contributed by atoms with Crippen LogP contribution in [0.3, 0.4) is 0 Å². The van der Waals surface area contributed by atoms with Crippen LogP contribution in [0.1, 0.15) is 31.4 Å². The van der Waals surface area contributed by atoms with Crippen LogP contribution in [0.25, 0.3) is 0 Å². The molecule has 0 bridgehead atoms. The van der Waals surface area contributed by atoms with E-state index in [0.717, 1.165) is 24.2 Å². The number of likely N-dealkylation sites (tertiary alicyclic amines) is 1. The van der Waals surface area contributed by atoms with Gasteiger partial charge in [-0.05, 0) is 29.4 Å². The van der Waals surface area contributed by atoms with Crippen LogP contribution in [-0.2, 0) is 22.7 Å².